The lowest BCUT2D eigenvalue weighted by Crippen LogP contribution is -2.43. The molecule has 1 aliphatic heterocycles. The zero-order chi connectivity index (χ0) is 24.6. The van der Waals surface area contributed by atoms with Crippen molar-refractivity contribution in [3.05, 3.63) is 87.3 Å². The minimum atomic E-state index is -0.686. The first-order valence-electron chi connectivity index (χ1n) is 11.9. The highest BCUT2D eigenvalue weighted by Crippen LogP contribution is 2.46. The van der Waals surface area contributed by atoms with E-state index in [-0.39, 0.29) is 12.5 Å². The Morgan fingerprint density at radius 1 is 1.12 bits per heavy atom. The summed E-state index contributed by atoms with van der Waals surface area (Å²) in [4.78, 5) is 1.22. The van der Waals surface area contributed by atoms with Crippen LogP contribution < -0.4 is 5.73 Å². The minimum Gasteiger partial charge on any atom is -0.488 e. The van der Waals surface area contributed by atoms with Gasteiger partial charge < -0.3 is 20.3 Å². The fourth-order valence-electron chi connectivity index (χ4n) is 4.26. The van der Waals surface area contributed by atoms with Gasteiger partial charge in [-0.3, -0.25) is 0 Å². The molecule has 4 nitrogen and oxygen atoms in total. The smallest absolute Gasteiger partial charge is 0.125 e. The largest absolute Gasteiger partial charge is 0.488 e. The molecule has 3 rings (SSSR count). The van der Waals surface area contributed by atoms with Crippen molar-refractivity contribution < 1.29 is 14.6 Å². The number of ether oxygens (including phenoxy) is 2. The highest BCUT2D eigenvalue weighted by atomic mass is 35.5. The van der Waals surface area contributed by atoms with Crippen LogP contribution in [0.25, 0.3) is 0 Å². The molecule has 0 saturated carbocycles. The van der Waals surface area contributed by atoms with Gasteiger partial charge in [0, 0.05) is 24.1 Å². The summed E-state index contributed by atoms with van der Waals surface area (Å²) in [7, 11) is 1.10. The Bertz CT molecular complexity index is 981. The summed E-state index contributed by atoms with van der Waals surface area (Å²) < 4.78 is 11.6. The van der Waals surface area contributed by atoms with Crippen LogP contribution in [0, 0.1) is 5.92 Å². The third-order valence-corrected chi connectivity index (χ3v) is 8.65. The van der Waals surface area contributed by atoms with Crippen molar-refractivity contribution in [2.45, 2.75) is 62.7 Å². The lowest BCUT2D eigenvalue weighted by molar-refractivity contribution is -0.0339. The maximum atomic E-state index is 9.18. The third-order valence-electron chi connectivity index (χ3n) is 6.45. The summed E-state index contributed by atoms with van der Waals surface area (Å²) >= 11 is 6.73. The number of allylic oxidation sites excluding steroid dienone is 1. The van der Waals surface area contributed by atoms with Gasteiger partial charge in [0.05, 0.1) is 0 Å². The van der Waals surface area contributed by atoms with E-state index < -0.39 is 16.6 Å². The molecule has 0 saturated heterocycles. The van der Waals surface area contributed by atoms with Crippen molar-refractivity contribution in [3.63, 3.8) is 0 Å². The standard InChI is InChI=1S/C28H38ClNO3S/c1-21(12-15-31)18-28(30,32-3)14-11-22(2)26-10-9-25(17-27(26)29)34-16-13-24(20-34)33-19-23-7-5-4-6-8-23/h4-10,13,16-17,20-22,31,34H,11-12,14-15,18-19,30H2,1-3H3. The van der Waals surface area contributed by atoms with E-state index in [1.807, 2.05) is 18.2 Å². The molecule has 0 radical (unpaired) electrons. The van der Waals surface area contributed by atoms with Gasteiger partial charge in [-0.2, -0.15) is 10.9 Å². The zero-order valence-electron chi connectivity index (χ0n) is 20.4. The third kappa shape index (κ3) is 7.62. The second-order valence-electron chi connectivity index (χ2n) is 9.26. The Hall–Kier alpha value is -1.76. The summed E-state index contributed by atoms with van der Waals surface area (Å²) in [6, 6.07) is 16.6. The molecule has 4 atom stereocenters. The SMILES string of the molecule is COC(N)(CCC(C)c1ccc([SH]2C=CC(OCc3ccccc3)=C2)cc1Cl)CC(C)CCO. The molecule has 1 heterocycles. The van der Waals surface area contributed by atoms with E-state index in [4.69, 9.17) is 26.8 Å². The average molecular weight is 504 g/mol. The molecular formula is C28H38ClNO3S. The summed E-state index contributed by atoms with van der Waals surface area (Å²) in [5.74, 6) is 1.49. The van der Waals surface area contributed by atoms with Gasteiger partial charge in [-0.15, -0.1) is 0 Å². The van der Waals surface area contributed by atoms with E-state index in [2.05, 4.69) is 61.1 Å². The summed E-state index contributed by atoms with van der Waals surface area (Å²) in [5.41, 5.74) is 8.12. The maximum absolute atomic E-state index is 9.18. The second kappa shape index (κ2) is 12.8. The van der Waals surface area contributed by atoms with Gasteiger partial charge in [0.2, 0.25) is 0 Å². The van der Waals surface area contributed by atoms with Crippen LogP contribution in [0.4, 0.5) is 0 Å². The highest BCUT2D eigenvalue weighted by molar-refractivity contribution is 8.22. The van der Waals surface area contributed by atoms with Crippen LogP contribution in [0.3, 0.4) is 0 Å². The number of thiol groups is 1. The van der Waals surface area contributed by atoms with Crippen molar-refractivity contribution in [2.75, 3.05) is 13.7 Å². The van der Waals surface area contributed by atoms with Crippen molar-refractivity contribution >= 4 is 22.5 Å². The molecule has 0 aromatic heterocycles. The summed E-state index contributed by atoms with van der Waals surface area (Å²) in [5, 5.41) is 14.4. The van der Waals surface area contributed by atoms with E-state index in [0.717, 1.165) is 47.6 Å². The quantitative estimate of drug-likeness (QED) is 0.206. The first-order valence-corrected chi connectivity index (χ1v) is 13.8. The van der Waals surface area contributed by atoms with Crippen LogP contribution in [-0.2, 0) is 16.1 Å². The number of halogens is 1. The predicted molar refractivity (Wildman–Crippen MR) is 144 cm³/mol. The normalized spacial score (nSPS) is 19.9. The predicted octanol–water partition coefficient (Wildman–Crippen LogP) is 6.88. The molecule has 0 aliphatic carbocycles. The number of nitrogens with two attached hydrogens (primary N) is 1. The van der Waals surface area contributed by atoms with Gasteiger partial charge in [-0.05, 0) is 77.2 Å². The van der Waals surface area contributed by atoms with Crippen molar-refractivity contribution in [3.8, 4) is 0 Å². The van der Waals surface area contributed by atoms with E-state index >= 15 is 0 Å². The number of benzene rings is 2. The van der Waals surface area contributed by atoms with Crippen LogP contribution in [0.2, 0.25) is 5.02 Å². The first-order chi connectivity index (χ1) is 16.3. The van der Waals surface area contributed by atoms with Crippen LogP contribution >= 0.6 is 22.5 Å². The monoisotopic (exact) mass is 503 g/mol. The van der Waals surface area contributed by atoms with Gasteiger partial charge in [-0.25, -0.2) is 0 Å². The molecule has 0 bridgehead atoms. The molecule has 0 fully saturated rings. The van der Waals surface area contributed by atoms with Crippen LogP contribution in [-0.4, -0.2) is 24.5 Å². The summed E-state index contributed by atoms with van der Waals surface area (Å²) in [6.45, 7) is 5.03. The van der Waals surface area contributed by atoms with Crippen LogP contribution in [0.1, 0.15) is 56.6 Å². The fraction of sp³-hybridized carbons (Fsp3) is 0.429. The first kappa shape index (κ1) is 26.8. The van der Waals surface area contributed by atoms with E-state index in [9.17, 15) is 5.11 Å². The number of aliphatic hydroxyl groups is 1. The van der Waals surface area contributed by atoms with Crippen molar-refractivity contribution in [1.82, 2.24) is 0 Å². The number of rotatable bonds is 13. The second-order valence-corrected chi connectivity index (χ2v) is 11.6. The Kier molecular flexibility index (Phi) is 10.1. The molecule has 2 aromatic rings. The Labute approximate surface area is 212 Å². The molecule has 3 N–H and O–H groups in total. The molecule has 6 heteroatoms. The number of aliphatic hydroxyl groups excluding tert-OH is 1. The number of methoxy groups -OCH3 is 1. The van der Waals surface area contributed by atoms with Gasteiger partial charge in [-0.1, -0.05) is 61.8 Å². The van der Waals surface area contributed by atoms with Gasteiger partial charge in [0.1, 0.15) is 18.1 Å². The van der Waals surface area contributed by atoms with Crippen molar-refractivity contribution in [2.24, 2.45) is 11.7 Å². The highest BCUT2D eigenvalue weighted by Gasteiger charge is 2.28. The molecule has 1 aliphatic rings. The minimum absolute atomic E-state index is 0.173. The van der Waals surface area contributed by atoms with E-state index in [1.165, 1.54) is 4.90 Å². The average Bonchev–Trinajstić information content (AvgIpc) is 3.31. The fourth-order valence-corrected chi connectivity index (χ4v) is 6.37. The van der Waals surface area contributed by atoms with Crippen molar-refractivity contribution in [1.29, 1.82) is 0 Å². The van der Waals surface area contributed by atoms with Crippen LogP contribution in [0.5, 0.6) is 0 Å². The Morgan fingerprint density at radius 2 is 1.88 bits per heavy atom. The lowest BCUT2D eigenvalue weighted by Gasteiger charge is -2.32. The maximum Gasteiger partial charge on any atom is 0.125 e. The van der Waals surface area contributed by atoms with E-state index in [1.54, 1.807) is 7.11 Å². The number of hydrogen-bond donors (Lipinski definition) is 3. The molecule has 4 unspecified atom stereocenters. The Morgan fingerprint density at radius 3 is 2.56 bits per heavy atom. The number of hydrogen-bond acceptors (Lipinski definition) is 4. The molecular weight excluding hydrogens is 466 g/mol. The van der Waals surface area contributed by atoms with Gasteiger partial charge >= 0.3 is 0 Å². The van der Waals surface area contributed by atoms with Gasteiger partial charge in [0.25, 0.3) is 0 Å². The molecule has 34 heavy (non-hydrogen) atoms. The van der Waals surface area contributed by atoms with Crippen LogP contribution in [0.15, 0.2) is 76.1 Å². The zero-order valence-corrected chi connectivity index (χ0v) is 22.1. The van der Waals surface area contributed by atoms with Gasteiger partial charge in [0.15, 0.2) is 0 Å². The summed E-state index contributed by atoms with van der Waals surface area (Å²) in [6.07, 6.45) is 5.12. The molecule has 0 amide bonds. The Balaban J connectivity index is 1.58. The molecule has 2 aromatic carbocycles. The lowest BCUT2D eigenvalue weighted by atomic mass is 9.88. The molecule has 186 valence electrons. The molecule has 0 spiro atoms. The topological polar surface area (TPSA) is 64.7 Å². The van der Waals surface area contributed by atoms with E-state index in [0.29, 0.717) is 12.5 Å².